The maximum absolute atomic E-state index is 12.3. The van der Waals surface area contributed by atoms with Crippen LogP contribution in [0.25, 0.3) is 33.4 Å². The average Bonchev–Trinajstić information content (AvgIpc) is 3.22. The van der Waals surface area contributed by atoms with Crippen molar-refractivity contribution < 1.29 is 14.3 Å². The molecular formula is C29H34N4O3. The first-order valence-corrected chi connectivity index (χ1v) is 12.2. The van der Waals surface area contributed by atoms with Crippen LogP contribution < -0.4 is 4.74 Å². The maximum atomic E-state index is 12.3. The highest BCUT2D eigenvalue weighted by Gasteiger charge is 2.21. The number of nitrogens with zero attached hydrogens (tertiary/aromatic N) is 3. The second-order valence-corrected chi connectivity index (χ2v) is 10.2. The molecule has 0 aliphatic rings. The van der Waals surface area contributed by atoms with E-state index in [4.69, 9.17) is 14.5 Å². The van der Waals surface area contributed by atoms with Crippen LogP contribution in [-0.2, 0) is 4.74 Å². The van der Waals surface area contributed by atoms with Gasteiger partial charge in [-0.25, -0.2) is 4.79 Å². The zero-order valence-corrected chi connectivity index (χ0v) is 21.8. The molecule has 0 fully saturated rings. The topological polar surface area (TPSA) is 80.3 Å². The number of pyridine rings is 2. The van der Waals surface area contributed by atoms with Crippen LogP contribution in [0.4, 0.5) is 4.79 Å². The van der Waals surface area contributed by atoms with E-state index in [1.807, 2.05) is 45.2 Å². The lowest BCUT2D eigenvalue weighted by Crippen LogP contribution is -2.36. The van der Waals surface area contributed by atoms with Gasteiger partial charge in [0.1, 0.15) is 18.0 Å². The van der Waals surface area contributed by atoms with E-state index in [2.05, 4.69) is 48.1 Å². The summed E-state index contributed by atoms with van der Waals surface area (Å²) < 4.78 is 11.6. The first-order valence-electron chi connectivity index (χ1n) is 12.2. The van der Waals surface area contributed by atoms with Crippen LogP contribution in [0.5, 0.6) is 5.75 Å². The van der Waals surface area contributed by atoms with Crippen molar-refractivity contribution in [3.05, 3.63) is 66.6 Å². The Morgan fingerprint density at radius 3 is 2.67 bits per heavy atom. The summed E-state index contributed by atoms with van der Waals surface area (Å²) in [6.07, 6.45) is 4.89. The van der Waals surface area contributed by atoms with Gasteiger partial charge in [-0.2, -0.15) is 0 Å². The van der Waals surface area contributed by atoms with Gasteiger partial charge in [0.05, 0.1) is 29.5 Å². The van der Waals surface area contributed by atoms with Crippen molar-refractivity contribution in [3.8, 4) is 28.1 Å². The monoisotopic (exact) mass is 486 g/mol. The summed E-state index contributed by atoms with van der Waals surface area (Å²) in [5, 5.41) is 0. The Morgan fingerprint density at radius 2 is 1.92 bits per heavy atom. The number of fused-ring (bicyclic) bond motifs is 1. The predicted molar refractivity (Wildman–Crippen MR) is 143 cm³/mol. The van der Waals surface area contributed by atoms with Gasteiger partial charge in [0, 0.05) is 30.6 Å². The van der Waals surface area contributed by atoms with Gasteiger partial charge in [-0.3, -0.25) is 9.97 Å². The molecule has 4 aromatic rings. The van der Waals surface area contributed by atoms with Crippen molar-refractivity contribution in [2.75, 3.05) is 20.2 Å². The maximum Gasteiger partial charge on any atom is 0.410 e. The normalized spacial score (nSPS) is 11.6. The molecule has 0 radical (unpaired) electrons. The summed E-state index contributed by atoms with van der Waals surface area (Å²) in [6.45, 7) is 10.6. The molecule has 0 bridgehead atoms. The van der Waals surface area contributed by atoms with E-state index >= 15 is 0 Å². The molecule has 188 valence electrons. The molecule has 7 nitrogen and oxygen atoms in total. The second kappa shape index (κ2) is 10.4. The van der Waals surface area contributed by atoms with E-state index in [1.165, 1.54) is 10.5 Å². The Hall–Kier alpha value is -3.87. The lowest BCUT2D eigenvalue weighted by atomic mass is 9.95. The minimum Gasteiger partial charge on any atom is -0.489 e. The number of carbonyl (C=O) groups excluding carboxylic acids is 1. The number of likely N-dealkylation sites (N-methyl/N-ethyl adjacent to an activating group) is 1. The molecule has 0 aliphatic carbocycles. The van der Waals surface area contributed by atoms with Crippen LogP contribution >= 0.6 is 0 Å². The zero-order chi connectivity index (χ0) is 25.9. The Balaban J connectivity index is 1.66. The molecular weight excluding hydrogens is 452 g/mol. The molecule has 0 spiro atoms. The van der Waals surface area contributed by atoms with Gasteiger partial charge in [-0.05, 0) is 56.0 Å². The number of H-pyrrole nitrogens is 1. The number of carbonyl (C=O) groups is 1. The predicted octanol–water partition coefficient (Wildman–Crippen LogP) is 6.66. The smallest absolute Gasteiger partial charge is 0.410 e. The minimum atomic E-state index is -0.546. The lowest BCUT2D eigenvalue weighted by molar-refractivity contribution is 0.0278. The van der Waals surface area contributed by atoms with E-state index in [-0.39, 0.29) is 6.09 Å². The fraction of sp³-hybridized carbons (Fsp3) is 0.345. The van der Waals surface area contributed by atoms with E-state index in [1.54, 1.807) is 19.4 Å². The van der Waals surface area contributed by atoms with E-state index in [9.17, 15) is 4.79 Å². The molecule has 4 rings (SSSR count). The highest BCUT2D eigenvalue weighted by molar-refractivity contribution is 6.02. The highest BCUT2D eigenvalue weighted by Crippen LogP contribution is 2.41. The number of rotatable bonds is 7. The van der Waals surface area contributed by atoms with Crippen LogP contribution in [0.2, 0.25) is 0 Å². The third-order valence-electron chi connectivity index (χ3n) is 5.84. The number of ether oxygens (including phenoxy) is 2. The van der Waals surface area contributed by atoms with E-state index in [0.29, 0.717) is 24.8 Å². The second-order valence-electron chi connectivity index (χ2n) is 10.2. The summed E-state index contributed by atoms with van der Waals surface area (Å²) in [6, 6.07) is 14.5. The molecule has 0 aliphatic heterocycles. The molecule has 1 amide bonds. The largest absolute Gasteiger partial charge is 0.489 e. The lowest BCUT2D eigenvalue weighted by Gasteiger charge is -2.24. The van der Waals surface area contributed by atoms with E-state index < -0.39 is 5.60 Å². The number of aromatic amines is 1. The van der Waals surface area contributed by atoms with Gasteiger partial charge < -0.3 is 19.4 Å². The molecule has 0 atom stereocenters. The number of hydrogen-bond acceptors (Lipinski definition) is 5. The number of amides is 1. The molecule has 1 N–H and O–H groups in total. The van der Waals surface area contributed by atoms with Crippen LogP contribution in [0.1, 0.15) is 46.1 Å². The molecule has 1 aromatic carbocycles. The van der Waals surface area contributed by atoms with Crippen LogP contribution in [0.3, 0.4) is 0 Å². The van der Waals surface area contributed by atoms with Crippen molar-refractivity contribution in [3.63, 3.8) is 0 Å². The van der Waals surface area contributed by atoms with Crippen molar-refractivity contribution in [1.29, 1.82) is 0 Å². The summed E-state index contributed by atoms with van der Waals surface area (Å²) >= 11 is 0. The van der Waals surface area contributed by atoms with Gasteiger partial charge in [-0.15, -0.1) is 0 Å². The van der Waals surface area contributed by atoms with Crippen LogP contribution in [0, 0.1) is 0 Å². The van der Waals surface area contributed by atoms with Gasteiger partial charge in [0.15, 0.2) is 0 Å². The number of benzene rings is 1. The van der Waals surface area contributed by atoms with E-state index in [0.717, 1.165) is 33.4 Å². The van der Waals surface area contributed by atoms with Gasteiger partial charge >= 0.3 is 6.09 Å². The van der Waals surface area contributed by atoms with Crippen molar-refractivity contribution in [2.45, 2.75) is 46.1 Å². The fourth-order valence-electron chi connectivity index (χ4n) is 3.98. The molecule has 3 aromatic heterocycles. The van der Waals surface area contributed by atoms with Crippen molar-refractivity contribution >= 4 is 17.1 Å². The Morgan fingerprint density at radius 1 is 1.11 bits per heavy atom. The summed E-state index contributed by atoms with van der Waals surface area (Å²) in [5.74, 6) is 1.04. The van der Waals surface area contributed by atoms with Crippen LogP contribution in [0.15, 0.2) is 61.1 Å². The van der Waals surface area contributed by atoms with Crippen molar-refractivity contribution in [2.24, 2.45) is 0 Å². The number of hydrogen-bond donors (Lipinski definition) is 1. The first kappa shape index (κ1) is 25.2. The molecule has 0 unspecified atom stereocenters. The zero-order valence-electron chi connectivity index (χ0n) is 21.8. The Bertz CT molecular complexity index is 1350. The molecule has 36 heavy (non-hydrogen) atoms. The van der Waals surface area contributed by atoms with Gasteiger partial charge in [0.2, 0.25) is 0 Å². The first-order chi connectivity index (χ1) is 17.1. The van der Waals surface area contributed by atoms with Crippen molar-refractivity contribution in [1.82, 2.24) is 19.9 Å². The summed E-state index contributed by atoms with van der Waals surface area (Å²) in [4.78, 5) is 26.3. The standard InChI is InChI=1S/C29H34N4O3/c1-19(2)20-9-7-10-21(17-20)25-26(32-23-11-8-13-31-27(23)25)22-12-14-30-18-24(22)35-16-15-33(6)28(34)36-29(3,4)5/h7-14,17-19,32H,15-16H2,1-6H3. The third kappa shape index (κ3) is 5.67. The van der Waals surface area contributed by atoms with Crippen LogP contribution in [-0.4, -0.2) is 51.7 Å². The highest BCUT2D eigenvalue weighted by atomic mass is 16.6. The molecule has 0 saturated heterocycles. The quantitative estimate of drug-likeness (QED) is 0.316. The molecule has 3 heterocycles. The Kier molecular flexibility index (Phi) is 7.29. The number of aromatic nitrogens is 3. The molecule has 0 saturated carbocycles. The average molecular weight is 487 g/mol. The fourth-order valence-corrected chi connectivity index (χ4v) is 3.98. The van der Waals surface area contributed by atoms with Gasteiger partial charge in [0.25, 0.3) is 0 Å². The minimum absolute atomic E-state index is 0.297. The number of nitrogens with one attached hydrogen (secondary N) is 1. The SMILES string of the molecule is CC(C)c1cccc(-c2c(-c3ccncc3OCCN(C)C(=O)OC(C)(C)C)[nH]c3cccnc23)c1. The summed E-state index contributed by atoms with van der Waals surface area (Å²) in [7, 11) is 1.70. The molecule has 7 heteroatoms. The third-order valence-corrected chi connectivity index (χ3v) is 5.84. The summed E-state index contributed by atoms with van der Waals surface area (Å²) in [5.41, 5.74) is 6.49. The Labute approximate surface area is 212 Å². The van der Waals surface area contributed by atoms with Gasteiger partial charge in [-0.1, -0.05) is 38.1 Å².